The van der Waals surface area contributed by atoms with Crippen LogP contribution in [0.1, 0.15) is 12.0 Å². The third-order valence-electron chi connectivity index (χ3n) is 5.72. The fourth-order valence-electron chi connectivity index (χ4n) is 4.17. The first-order valence-corrected chi connectivity index (χ1v) is 9.94. The number of imide groups is 1. The third kappa shape index (κ3) is 3.81. The number of nitrogens with zero attached hydrogens (tertiary/aromatic N) is 1. The molecule has 1 atom stereocenters. The first kappa shape index (κ1) is 19.1. The van der Waals surface area contributed by atoms with Crippen LogP contribution in [0.2, 0.25) is 5.02 Å². The summed E-state index contributed by atoms with van der Waals surface area (Å²) in [7, 11) is 0. The Labute approximate surface area is 168 Å². The molecule has 4 rings (SSSR count). The number of carbonyl (C=O) groups is 2. The van der Waals surface area contributed by atoms with Gasteiger partial charge in [0.2, 0.25) is 5.91 Å². The van der Waals surface area contributed by atoms with E-state index in [2.05, 4.69) is 0 Å². The Morgan fingerprint density at radius 3 is 2.36 bits per heavy atom. The van der Waals surface area contributed by atoms with Crippen molar-refractivity contribution in [3.05, 3.63) is 64.9 Å². The van der Waals surface area contributed by atoms with Gasteiger partial charge in [-0.25, -0.2) is 9.29 Å². The van der Waals surface area contributed by atoms with E-state index in [1.807, 2.05) is 24.3 Å². The van der Waals surface area contributed by atoms with Crippen LogP contribution in [0.3, 0.4) is 0 Å². The van der Waals surface area contributed by atoms with Crippen LogP contribution in [0.4, 0.5) is 10.1 Å². The second-order valence-electron chi connectivity index (χ2n) is 7.48. The number of hydrogen-bond donors (Lipinski definition) is 2. The fourth-order valence-corrected chi connectivity index (χ4v) is 4.38. The van der Waals surface area contributed by atoms with Crippen LogP contribution in [0.25, 0.3) is 0 Å². The quantitative estimate of drug-likeness (QED) is 0.711. The minimum absolute atomic E-state index is 0.179. The van der Waals surface area contributed by atoms with Crippen LogP contribution >= 0.6 is 11.6 Å². The Bertz CT molecular complexity index is 881. The van der Waals surface area contributed by atoms with Gasteiger partial charge in [-0.05, 0) is 30.3 Å². The highest BCUT2D eigenvalue weighted by Gasteiger charge is 2.46. The molecule has 2 aliphatic rings. The van der Waals surface area contributed by atoms with Gasteiger partial charge in [-0.2, -0.15) is 0 Å². The predicted octanol–water partition coefficient (Wildman–Crippen LogP) is 0.0946. The highest BCUT2D eigenvalue weighted by atomic mass is 35.5. The van der Waals surface area contributed by atoms with Gasteiger partial charge in [-0.3, -0.25) is 9.59 Å². The Hall–Kier alpha value is -2.28. The first-order valence-electron chi connectivity index (χ1n) is 9.57. The van der Waals surface area contributed by atoms with E-state index in [9.17, 15) is 14.0 Å². The molecule has 0 unspecified atom stereocenters. The van der Waals surface area contributed by atoms with Crippen LogP contribution in [0.5, 0.6) is 0 Å². The number of hydrogen-bond acceptors (Lipinski definition) is 2. The van der Waals surface area contributed by atoms with Crippen LogP contribution in [0, 0.1) is 5.82 Å². The summed E-state index contributed by atoms with van der Waals surface area (Å²) in [4.78, 5) is 29.1. The van der Waals surface area contributed by atoms with E-state index < -0.39 is 0 Å². The van der Waals surface area contributed by atoms with E-state index in [0.717, 1.165) is 48.2 Å². The second kappa shape index (κ2) is 7.99. The molecule has 0 aliphatic carbocycles. The molecule has 2 heterocycles. The SMILES string of the molecule is O=C1C[C@H]([NH+]2CC[NH+](Cc3ccccc3Cl)CC2)C(=O)N1c1ccc(F)cc1. The van der Waals surface area contributed by atoms with Gasteiger partial charge in [-0.15, -0.1) is 0 Å². The number of piperazine rings is 1. The molecule has 146 valence electrons. The largest absolute Gasteiger partial charge is 0.322 e. The van der Waals surface area contributed by atoms with Crippen molar-refractivity contribution in [2.24, 2.45) is 0 Å². The summed E-state index contributed by atoms with van der Waals surface area (Å²) in [5, 5.41) is 0.788. The van der Waals surface area contributed by atoms with Gasteiger partial charge in [-0.1, -0.05) is 29.8 Å². The van der Waals surface area contributed by atoms with Crippen LogP contribution < -0.4 is 14.7 Å². The summed E-state index contributed by atoms with van der Waals surface area (Å²) >= 11 is 6.27. The van der Waals surface area contributed by atoms with E-state index >= 15 is 0 Å². The number of nitrogens with one attached hydrogen (secondary N) is 2. The summed E-state index contributed by atoms with van der Waals surface area (Å²) in [6.45, 7) is 4.39. The van der Waals surface area contributed by atoms with Crippen LogP contribution in [-0.2, 0) is 16.1 Å². The van der Waals surface area contributed by atoms with Crippen molar-refractivity contribution in [3.63, 3.8) is 0 Å². The smallest absolute Gasteiger partial charge is 0.292 e. The van der Waals surface area contributed by atoms with Gasteiger partial charge < -0.3 is 9.80 Å². The average molecular weight is 404 g/mol. The number of amides is 2. The van der Waals surface area contributed by atoms with Crippen molar-refractivity contribution in [2.45, 2.75) is 19.0 Å². The van der Waals surface area contributed by atoms with Crippen molar-refractivity contribution >= 4 is 29.1 Å². The van der Waals surface area contributed by atoms with Gasteiger partial charge in [0, 0.05) is 10.6 Å². The van der Waals surface area contributed by atoms with Crippen molar-refractivity contribution < 1.29 is 23.8 Å². The van der Waals surface area contributed by atoms with Crippen molar-refractivity contribution in [1.29, 1.82) is 0 Å². The lowest BCUT2D eigenvalue weighted by Gasteiger charge is -2.32. The second-order valence-corrected chi connectivity index (χ2v) is 7.88. The summed E-state index contributed by atoms with van der Waals surface area (Å²) in [6, 6.07) is 13.0. The monoisotopic (exact) mass is 403 g/mol. The molecule has 2 saturated heterocycles. The first-order chi connectivity index (χ1) is 13.5. The zero-order chi connectivity index (χ0) is 19.7. The molecule has 2 fully saturated rings. The molecule has 0 aromatic heterocycles. The van der Waals surface area contributed by atoms with E-state index in [4.69, 9.17) is 11.6 Å². The molecule has 2 aromatic carbocycles. The molecule has 28 heavy (non-hydrogen) atoms. The lowest BCUT2D eigenvalue weighted by Crippen LogP contribution is -3.29. The number of rotatable bonds is 4. The number of anilines is 1. The molecule has 2 aromatic rings. The lowest BCUT2D eigenvalue weighted by atomic mass is 10.1. The Morgan fingerprint density at radius 2 is 1.68 bits per heavy atom. The number of carbonyl (C=O) groups excluding carboxylic acids is 2. The third-order valence-corrected chi connectivity index (χ3v) is 6.09. The van der Waals surface area contributed by atoms with Gasteiger partial charge in [0.15, 0.2) is 6.04 Å². The fraction of sp³-hybridized carbons (Fsp3) is 0.333. The molecule has 2 aliphatic heterocycles. The molecule has 0 spiro atoms. The molecule has 0 radical (unpaired) electrons. The van der Waals surface area contributed by atoms with E-state index in [1.165, 1.54) is 34.1 Å². The molecule has 0 saturated carbocycles. The van der Waals surface area contributed by atoms with Gasteiger partial charge in [0.05, 0.1) is 12.1 Å². The van der Waals surface area contributed by atoms with Gasteiger partial charge in [0.1, 0.15) is 38.5 Å². The van der Waals surface area contributed by atoms with E-state index in [1.54, 1.807) is 0 Å². The number of halogens is 2. The molecular weight excluding hydrogens is 381 g/mol. The highest BCUT2D eigenvalue weighted by Crippen LogP contribution is 2.22. The molecular formula is C21H23ClFN3O2+2. The maximum absolute atomic E-state index is 13.2. The highest BCUT2D eigenvalue weighted by molar-refractivity contribution is 6.31. The minimum Gasteiger partial charge on any atom is -0.322 e. The Morgan fingerprint density at radius 1 is 1.00 bits per heavy atom. The van der Waals surface area contributed by atoms with Crippen LogP contribution in [0.15, 0.2) is 48.5 Å². The van der Waals surface area contributed by atoms with Crippen molar-refractivity contribution in [2.75, 3.05) is 31.1 Å². The molecule has 7 heteroatoms. The van der Waals surface area contributed by atoms with Crippen molar-refractivity contribution in [3.8, 4) is 0 Å². The van der Waals surface area contributed by atoms with Crippen LogP contribution in [-0.4, -0.2) is 44.0 Å². The summed E-state index contributed by atoms with van der Waals surface area (Å²) < 4.78 is 13.2. The Balaban J connectivity index is 1.38. The minimum atomic E-state index is -0.386. The van der Waals surface area contributed by atoms with Gasteiger partial charge in [0.25, 0.3) is 5.91 Å². The van der Waals surface area contributed by atoms with E-state index in [0.29, 0.717) is 5.69 Å². The topological polar surface area (TPSA) is 46.3 Å². The van der Waals surface area contributed by atoms with Crippen molar-refractivity contribution in [1.82, 2.24) is 0 Å². The van der Waals surface area contributed by atoms with Gasteiger partial charge >= 0.3 is 0 Å². The standard InChI is InChI=1S/C21H21ClFN3O2/c22-18-4-2-1-3-15(18)14-24-9-11-25(12-10-24)19-13-20(27)26(21(19)28)17-7-5-16(23)6-8-17/h1-8,19H,9-14H2/p+2/t19-/m0/s1. The lowest BCUT2D eigenvalue weighted by molar-refractivity contribution is -1.02. The summed E-state index contributed by atoms with van der Waals surface area (Å²) in [5.41, 5.74) is 1.58. The maximum Gasteiger partial charge on any atom is 0.292 e. The molecule has 2 N–H and O–H groups in total. The summed E-state index contributed by atoms with van der Waals surface area (Å²) in [6.07, 6.45) is 0.214. The summed E-state index contributed by atoms with van der Waals surface area (Å²) in [5.74, 6) is -0.774. The Kier molecular flexibility index (Phi) is 5.44. The zero-order valence-corrected chi connectivity index (χ0v) is 16.2. The van der Waals surface area contributed by atoms with E-state index in [-0.39, 0.29) is 30.1 Å². The maximum atomic E-state index is 13.2. The normalized spacial score (nSPS) is 25.4. The predicted molar refractivity (Wildman–Crippen MR) is 104 cm³/mol. The zero-order valence-electron chi connectivity index (χ0n) is 15.5. The average Bonchev–Trinajstić information content (AvgIpc) is 2.99. The molecule has 5 nitrogen and oxygen atoms in total. The number of quaternary nitrogens is 2. The molecule has 0 bridgehead atoms. The molecule has 2 amide bonds. The number of benzene rings is 2.